The summed E-state index contributed by atoms with van der Waals surface area (Å²) in [7, 11) is 0. The quantitative estimate of drug-likeness (QED) is 0.679. The molecule has 1 heterocycles. The summed E-state index contributed by atoms with van der Waals surface area (Å²) in [5.74, 6) is 0.477. The van der Waals surface area contributed by atoms with Gasteiger partial charge in [0.25, 0.3) is 5.69 Å². The third-order valence-electron chi connectivity index (χ3n) is 2.59. The number of rotatable bonds is 4. The van der Waals surface area contributed by atoms with Crippen molar-refractivity contribution in [1.29, 1.82) is 0 Å². The molecule has 0 aliphatic rings. The molecule has 1 N–H and O–H groups in total. The van der Waals surface area contributed by atoms with Gasteiger partial charge in [-0.3, -0.25) is 10.1 Å². The van der Waals surface area contributed by atoms with E-state index in [1.807, 2.05) is 0 Å². The van der Waals surface area contributed by atoms with Gasteiger partial charge in [-0.2, -0.15) is 4.98 Å². The molecule has 0 radical (unpaired) electrons. The second kappa shape index (κ2) is 6.42. The average molecular weight is 320 g/mol. The van der Waals surface area contributed by atoms with Gasteiger partial charge in [0.05, 0.1) is 4.92 Å². The first-order valence-corrected chi connectivity index (χ1v) is 6.79. The Labute approximate surface area is 131 Å². The van der Waals surface area contributed by atoms with E-state index in [0.717, 1.165) is 0 Å². The number of non-ortho nitro benzene ring substituents is 1. The number of nitro groups is 1. The fourth-order valence-corrected chi connectivity index (χ4v) is 1.64. The van der Waals surface area contributed by atoms with E-state index in [-0.39, 0.29) is 23.9 Å². The highest BCUT2D eigenvalue weighted by Crippen LogP contribution is 2.19. The number of carbonyl (C=O) groups is 1. The molecular weight excluding hydrogens is 304 g/mol. The minimum atomic E-state index is -0.594. The van der Waals surface area contributed by atoms with Gasteiger partial charge in [0.15, 0.2) is 0 Å². The molecule has 9 nitrogen and oxygen atoms in total. The molecule has 0 aliphatic heterocycles. The molecule has 0 bridgehead atoms. The molecule has 23 heavy (non-hydrogen) atoms. The van der Waals surface area contributed by atoms with Crippen LogP contribution in [-0.4, -0.2) is 26.8 Å². The van der Waals surface area contributed by atoms with Gasteiger partial charge in [-0.05, 0) is 32.9 Å². The standard InChI is InChI=1S/C14H16N4O5/c1-14(2,3)22-13(19)15-8-11-16-12(17-23-11)9-4-6-10(7-5-9)18(20)21/h4-7H,8H2,1-3H3,(H,15,19). The Kier molecular flexibility index (Phi) is 4.58. The Balaban J connectivity index is 1.98. The van der Waals surface area contributed by atoms with Crippen LogP contribution in [0.1, 0.15) is 26.7 Å². The van der Waals surface area contributed by atoms with Gasteiger partial charge in [0.2, 0.25) is 11.7 Å². The average Bonchev–Trinajstić information content (AvgIpc) is 2.92. The minimum absolute atomic E-state index is 0.0227. The van der Waals surface area contributed by atoms with E-state index in [4.69, 9.17) is 9.26 Å². The smallest absolute Gasteiger partial charge is 0.408 e. The predicted octanol–water partition coefficient (Wildman–Crippen LogP) is 2.67. The molecule has 0 saturated carbocycles. The normalized spacial score (nSPS) is 11.1. The topological polar surface area (TPSA) is 120 Å². The van der Waals surface area contributed by atoms with Crippen molar-refractivity contribution in [1.82, 2.24) is 15.5 Å². The minimum Gasteiger partial charge on any atom is -0.444 e. The van der Waals surface area contributed by atoms with E-state index in [1.165, 1.54) is 24.3 Å². The number of hydrogen-bond donors (Lipinski definition) is 1. The molecule has 0 saturated heterocycles. The Morgan fingerprint density at radius 3 is 2.57 bits per heavy atom. The van der Waals surface area contributed by atoms with E-state index in [9.17, 15) is 14.9 Å². The predicted molar refractivity (Wildman–Crippen MR) is 79.5 cm³/mol. The Hall–Kier alpha value is -2.97. The number of carbonyl (C=O) groups excluding carboxylic acids is 1. The molecular formula is C14H16N4O5. The summed E-state index contributed by atoms with van der Waals surface area (Å²) in [6.45, 7) is 5.29. The van der Waals surface area contributed by atoms with Crippen molar-refractivity contribution in [2.75, 3.05) is 0 Å². The zero-order valence-corrected chi connectivity index (χ0v) is 12.9. The number of hydrogen-bond acceptors (Lipinski definition) is 7. The van der Waals surface area contributed by atoms with E-state index in [0.29, 0.717) is 5.56 Å². The first kappa shape index (κ1) is 16.4. The summed E-state index contributed by atoms with van der Waals surface area (Å²) in [4.78, 5) is 25.7. The summed E-state index contributed by atoms with van der Waals surface area (Å²) in [6.07, 6.45) is -0.590. The Morgan fingerprint density at radius 2 is 2.00 bits per heavy atom. The molecule has 1 amide bonds. The maximum absolute atomic E-state index is 11.5. The highest BCUT2D eigenvalue weighted by molar-refractivity contribution is 5.67. The van der Waals surface area contributed by atoms with Gasteiger partial charge < -0.3 is 14.6 Å². The van der Waals surface area contributed by atoms with Crippen LogP contribution in [0.15, 0.2) is 28.8 Å². The Bertz CT molecular complexity index is 703. The lowest BCUT2D eigenvalue weighted by Crippen LogP contribution is -2.32. The summed E-state index contributed by atoms with van der Waals surface area (Å²) in [5.41, 5.74) is -0.0463. The lowest BCUT2D eigenvalue weighted by atomic mass is 10.2. The van der Waals surface area contributed by atoms with Crippen LogP contribution in [0.4, 0.5) is 10.5 Å². The number of alkyl carbamates (subject to hydrolysis) is 1. The van der Waals surface area contributed by atoms with Crippen molar-refractivity contribution in [3.8, 4) is 11.4 Å². The van der Waals surface area contributed by atoms with Gasteiger partial charge in [0, 0.05) is 17.7 Å². The number of nitrogens with zero attached hydrogens (tertiary/aromatic N) is 3. The number of nitro benzene ring substituents is 1. The van der Waals surface area contributed by atoms with Crippen LogP contribution in [0, 0.1) is 10.1 Å². The number of benzene rings is 1. The van der Waals surface area contributed by atoms with Crippen LogP contribution in [0.25, 0.3) is 11.4 Å². The van der Waals surface area contributed by atoms with Crippen LogP contribution in [0.3, 0.4) is 0 Å². The molecule has 2 rings (SSSR count). The fourth-order valence-electron chi connectivity index (χ4n) is 1.64. The van der Waals surface area contributed by atoms with Crippen LogP contribution in [-0.2, 0) is 11.3 Å². The molecule has 0 aliphatic carbocycles. The maximum atomic E-state index is 11.5. The zero-order valence-electron chi connectivity index (χ0n) is 12.9. The molecule has 0 atom stereocenters. The van der Waals surface area contributed by atoms with E-state index in [2.05, 4.69) is 15.5 Å². The van der Waals surface area contributed by atoms with Gasteiger partial charge in [0.1, 0.15) is 12.1 Å². The molecule has 1 aromatic carbocycles. The maximum Gasteiger partial charge on any atom is 0.408 e. The fraction of sp³-hybridized carbons (Fsp3) is 0.357. The van der Waals surface area contributed by atoms with Crippen molar-refractivity contribution >= 4 is 11.8 Å². The molecule has 122 valence electrons. The second-order valence-corrected chi connectivity index (χ2v) is 5.67. The van der Waals surface area contributed by atoms with Gasteiger partial charge in [-0.1, -0.05) is 5.16 Å². The molecule has 2 aromatic rings. The number of aromatic nitrogens is 2. The van der Waals surface area contributed by atoms with Crippen molar-refractivity contribution in [3.05, 3.63) is 40.3 Å². The van der Waals surface area contributed by atoms with E-state index >= 15 is 0 Å². The molecule has 9 heteroatoms. The third-order valence-corrected chi connectivity index (χ3v) is 2.59. The Morgan fingerprint density at radius 1 is 1.35 bits per heavy atom. The number of amides is 1. The first-order valence-electron chi connectivity index (χ1n) is 6.79. The summed E-state index contributed by atoms with van der Waals surface area (Å²) < 4.78 is 10.1. The summed E-state index contributed by atoms with van der Waals surface area (Å²) in [6, 6.07) is 5.75. The van der Waals surface area contributed by atoms with E-state index < -0.39 is 16.6 Å². The largest absolute Gasteiger partial charge is 0.444 e. The first-order chi connectivity index (χ1) is 10.7. The van der Waals surface area contributed by atoms with Crippen molar-refractivity contribution in [3.63, 3.8) is 0 Å². The molecule has 1 aromatic heterocycles. The van der Waals surface area contributed by atoms with Crippen molar-refractivity contribution in [2.24, 2.45) is 0 Å². The van der Waals surface area contributed by atoms with Crippen molar-refractivity contribution in [2.45, 2.75) is 32.9 Å². The summed E-state index contributed by atoms with van der Waals surface area (Å²) >= 11 is 0. The molecule has 0 spiro atoms. The van der Waals surface area contributed by atoms with Gasteiger partial charge in [-0.15, -0.1) is 0 Å². The number of ether oxygens (including phenoxy) is 1. The van der Waals surface area contributed by atoms with Crippen LogP contribution in [0.2, 0.25) is 0 Å². The molecule has 0 unspecified atom stereocenters. The lowest BCUT2D eigenvalue weighted by molar-refractivity contribution is -0.384. The van der Waals surface area contributed by atoms with Crippen LogP contribution >= 0.6 is 0 Å². The lowest BCUT2D eigenvalue weighted by Gasteiger charge is -2.19. The SMILES string of the molecule is CC(C)(C)OC(=O)NCc1nc(-c2ccc([N+](=O)[O-])cc2)no1. The van der Waals surface area contributed by atoms with Gasteiger partial charge >= 0.3 is 6.09 Å². The molecule has 0 fully saturated rings. The summed E-state index contributed by atoms with van der Waals surface area (Å²) in [5, 5.41) is 16.9. The third kappa shape index (κ3) is 4.77. The van der Waals surface area contributed by atoms with Crippen LogP contribution < -0.4 is 5.32 Å². The zero-order chi connectivity index (χ0) is 17.0. The number of nitrogens with one attached hydrogen (secondary N) is 1. The second-order valence-electron chi connectivity index (χ2n) is 5.67. The van der Waals surface area contributed by atoms with Crippen LogP contribution in [0.5, 0.6) is 0 Å². The monoisotopic (exact) mass is 320 g/mol. The highest BCUT2D eigenvalue weighted by atomic mass is 16.6. The van der Waals surface area contributed by atoms with Crippen molar-refractivity contribution < 1.29 is 19.0 Å². The van der Waals surface area contributed by atoms with Gasteiger partial charge in [-0.25, -0.2) is 4.79 Å². The highest BCUT2D eigenvalue weighted by Gasteiger charge is 2.17. The van der Waals surface area contributed by atoms with E-state index in [1.54, 1.807) is 20.8 Å².